The van der Waals surface area contributed by atoms with E-state index in [1.165, 1.54) is 6.07 Å². The second-order valence-corrected chi connectivity index (χ2v) is 8.26. The maximum Gasteiger partial charge on any atom is 0.363 e. The Morgan fingerprint density at radius 3 is 2.35 bits per heavy atom. The fourth-order valence-corrected chi connectivity index (χ4v) is 4.74. The van der Waals surface area contributed by atoms with Gasteiger partial charge in [0.15, 0.2) is 0 Å². The van der Waals surface area contributed by atoms with Gasteiger partial charge in [-0.15, -0.1) is 0 Å². The molecule has 0 aromatic heterocycles. The molecule has 0 fully saturated rings. The van der Waals surface area contributed by atoms with Crippen molar-refractivity contribution in [2.24, 2.45) is 9.98 Å². The molecule has 0 radical (unpaired) electrons. The number of hydrogen-bond donors (Lipinski definition) is 1. The molecule has 1 aliphatic rings. The quantitative estimate of drug-likeness (QED) is 0.263. The number of carbonyl (C=O) groups excluding carboxylic acids is 2. The highest BCUT2D eigenvalue weighted by atomic mass is 31.2. The number of anilines is 1. The molecule has 0 atom stereocenters. The third-order valence-corrected chi connectivity index (χ3v) is 6.43. The van der Waals surface area contributed by atoms with Crippen LogP contribution in [0, 0.1) is 10.1 Å². The molecule has 0 aliphatic carbocycles. The molecule has 3 rings (SSSR count). The largest absolute Gasteiger partial charge is 0.380 e. The van der Waals surface area contributed by atoms with E-state index in [9.17, 15) is 24.3 Å². The normalized spacial score (nSPS) is 13.2. The van der Waals surface area contributed by atoms with Crippen molar-refractivity contribution < 1.29 is 28.1 Å². The molecule has 1 heterocycles. The minimum atomic E-state index is -3.61. The minimum Gasteiger partial charge on any atom is -0.380 e. The van der Waals surface area contributed by atoms with E-state index in [2.05, 4.69) is 15.3 Å². The van der Waals surface area contributed by atoms with Gasteiger partial charge in [-0.1, -0.05) is 12.1 Å². The van der Waals surface area contributed by atoms with Gasteiger partial charge < -0.3 is 14.4 Å². The SMILES string of the molecule is CCOP(=O)(OCC)c1ccccc1NCc1cc([N+](=O)[O-])cc2c1=NC(=O)C(=O)N=2. The number of hydrogen-bond acceptors (Lipinski definition) is 8. The first kappa shape index (κ1) is 22.4. The Morgan fingerprint density at radius 1 is 1.06 bits per heavy atom. The lowest BCUT2D eigenvalue weighted by molar-refractivity contribution is -0.385. The Labute approximate surface area is 176 Å². The van der Waals surface area contributed by atoms with Gasteiger partial charge in [-0.25, -0.2) is 9.98 Å². The third kappa shape index (κ3) is 4.74. The molecule has 1 N–H and O–H groups in total. The van der Waals surface area contributed by atoms with Crippen molar-refractivity contribution >= 4 is 36.1 Å². The molecule has 0 bridgehead atoms. The second kappa shape index (κ2) is 9.25. The summed E-state index contributed by atoms with van der Waals surface area (Å²) in [5, 5.41) is 14.6. The molecular weight excluding hydrogens is 427 g/mol. The maximum atomic E-state index is 13.2. The van der Waals surface area contributed by atoms with Gasteiger partial charge >= 0.3 is 19.4 Å². The van der Waals surface area contributed by atoms with Crippen LogP contribution in [0.5, 0.6) is 0 Å². The van der Waals surface area contributed by atoms with Gasteiger partial charge in [-0.2, -0.15) is 0 Å². The summed E-state index contributed by atoms with van der Waals surface area (Å²) < 4.78 is 24.0. The summed E-state index contributed by atoms with van der Waals surface area (Å²) in [4.78, 5) is 41.2. The molecule has 0 saturated carbocycles. The first-order valence-corrected chi connectivity index (χ1v) is 10.9. The van der Waals surface area contributed by atoms with Crippen molar-refractivity contribution in [2.45, 2.75) is 20.4 Å². The van der Waals surface area contributed by atoms with Crippen LogP contribution in [0.3, 0.4) is 0 Å². The van der Waals surface area contributed by atoms with Gasteiger partial charge in [0.1, 0.15) is 5.36 Å². The number of carbonyl (C=O) groups is 2. The predicted octanol–water partition coefficient (Wildman–Crippen LogP) is 1.40. The average Bonchev–Trinajstić information content (AvgIpc) is 2.73. The molecule has 2 aromatic carbocycles. The van der Waals surface area contributed by atoms with Crippen LogP contribution >= 0.6 is 7.60 Å². The van der Waals surface area contributed by atoms with Crippen molar-refractivity contribution in [3.05, 3.63) is 62.8 Å². The van der Waals surface area contributed by atoms with Gasteiger partial charge in [-0.05, 0) is 26.0 Å². The molecule has 31 heavy (non-hydrogen) atoms. The van der Waals surface area contributed by atoms with Crippen molar-refractivity contribution in [3.8, 4) is 0 Å². The predicted molar refractivity (Wildman–Crippen MR) is 110 cm³/mol. The van der Waals surface area contributed by atoms with Crippen LogP contribution in [0.15, 0.2) is 46.4 Å². The summed E-state index contributed by atoms with van der Waals surface area (Å²) in [6.07, 6.45) is 0. The molecule has 0 spiro atoms. The topological polar surface area (TPSA) is 150 Å². The zero-order valence-corrected chi connectivity index (χ0v) is 17.6. The number of non-ortho nitro benzene ring substituents is 1. The van der Waals surface area contributed by atoms with Gasteiger partial charge in [0.05, 0.1) is 28.8 Å². The molecule has 0 unspecified atom stereocenters. The molecule has 2 amide bonds. The summed E-state index contributed by atoms with van der Waals surface area (Å²) in [7, 11) is -3.61. The van der Waals surface area contributed by atoms with Crippen molar-refractivity contribution in [1.29, 1.82) is 0 Å². The second-order valence-electron chi connectivity index (χ2n) is 6.27. The summed E-state index contributed by atoms with van der Waals surface area (Å²) in [5.74, 6) is -2.15. The zero-order valence-electron chi connectivity index (χ0n) is 16.7. The molecule has 2 aromatic rings. The highest BCUT2D eigenvalue weighted by Crippen LogP contribution is 2.48. The highest BCUT2D eigenvalue weighted by Gasteiger charge is 2.29. The third-order valence-electron chi connectivity index (χ3n) is 4.25. The van der Waals surface area contributed by atoms with Crippen LogP contribution < -0.4 is 21.3 Å². The van der Waals surface area contributed by atoms with Crippen LogP contribution in [0.2, 0.25) is 0 Å². The van der Waals surface area contributed by atoms with E-state index in [-0.39, 0.29) is 41.7 Å². The summed E-state index contributed by atoms with van der Waals surface area (Å²) in [5.41, 5.74) is 0.383. The number of benzene rings is 2. The maximum absolute atomic E-state index is 13.2. The molecule has 162 valence electrons. The van der Waals surface area contributed by atoms with Crippen molar-refractivity contribution in [1.82, 2.24) is 0 Å². The molecule has 1 aliphatic heterocycles. The molecule has 11 nitrogen and oxygen atoms in total. The van der Waals surface area contributed by atoms with Crippen LogP contribution in [-0.4, -0.2) is 30.0 Å². The fraction of sp³-hybridized carbons (Fsp3) is 0.263. The Hall–Kier alpha value is -3.27. The van der Waals surface area contributed by atoms with E-state index in [1.54, 1.807) is 38.1 Å². The Morgan fingerprint density at radius 2 is 1.71 bits per heavy atom. The summed E-state index contributed by atoms with van der Waals surface area (Å²) >= 11 is 0. The Bertz CT molecular complexity index is 1220. The highest BCUT2D eigenvalue weighted by molar-refractivity contribution is 7.62. The van der Waals surface area contributed by atoms with E-state index >= 15 is 0 Å². The Balaban J connectivity index is 2.04. The molecular formula is C19H19N4O7P. The van der Waals surface area contributed by atoms with E-state index in [1.807, 2.05) is 0 Å². The zero-order chi connectivity index (χ0) is 22.6. The number of nitro benzene ring substituents is 1. The van der Waals surface area contributed by atoms with Crippen LogP contribution in [0.1, 0.15) is 19.4 Å². The lowest BCUT2D eigenvalue weighted by Crippen LogP contribution is -2.38. The summed E-state index contributed by atoms with van der Waals surface area (Å²) in [6, 6.07) is 8.96. The van der Waals surface area contributed by atoms with E-state index in [4.69, 9.17) is 9.05 Å². The lowest BCUT2D eigenvalue weighted by atomic mass is 10.1. The smallest absolute Gasteiger partial charge is 0.363 e. The number of fused-ring (bicyclic) bond motifs is 1. The van der Waals surface area contributed by atoms with E-state index in [0.29, 0.717) is 11.0 Å². The average molecular weight is 446 g/mol. The summed E-state index contributed by atoms with van der Waals surface area (Å²) in [6.45, 7) is 3.70. The van der Waals surface area contributed by atoms with Gasteiger partial charge in [0, 0.05) is 29.9 Å². The standard InChI is InChI=1S/C19H19N4O7P/c1-3-29-31(28,30-4-2)16-8-6-5-7-14(16)20-11-12-9-13(23(26)27)10-15-17(12)22-19(25)18(24)21-15/h5-10,20H,3-4,11H2,1-2H3. The number of nitro groups is 1. The monoisotopic (exact) mass is 446 g/mol. The number of nitrogens with one attached hydrogen (secondary N) is 1. The van der Waals surface area contributed by atoms with Gasteiger partial charge in [0.2, 0.25) is 0 Å². The number of rotatable bonds is 9. The van der Waals surface area contributed by atoms with Crippen LogP contribution in [0.25, 0.3) is 0 Å². The number of nitrogens with zero attached hydrogens (tertiary/aromatic N) is 3. The molecule has 12 heteroatoms. The first-order valence-electron chi connectivity index (χ1n) is 9.34. The number of para-hydroxylation sites is 1. The van der Waals surface area contributed by atoms with E-state index < -0.39 is 24.3 Å². The van der Waals surface area contributed by atoms with E-state index in [0.717, 1.165) is 6.07 Å². The Kier molecular flexibility index (Phi) is 6.69. The van der Waals surface area contributed by atoms with Crippen molar-refractivity contribution in [3.63, 3.8) is 0 Å². The van der Waals surface area contributed by atoms with Gasteiger partial charge in [-0.3, -0.25) is 24.3 Å². The minimum absolute atomic E-state index is 0.0280. The first-order chi connectivity index (χ1) is 14.8. The fourth-order valence-electron chi connectivity index (χ4n) is 2.99. The number of amides is 2. The molecule has 0 saturated heterocycles. The van der Waals surface area contributed by atoms with Gasteiger partial charge in [0.25, 0.3) is 5.69 Å². The van der Waals surface area contributed by atoms with Crippen LogP contribution in [-0.2, 0) is 29.7 Å². The van der Waals surface area contributed by atoms with Crippen LogP contribution in [0.4, 0.5) is 11.4 Å². The lowest BCUT2D eigenvalue weighted by Gasteiger charge is -2.20. The van der Waals surface area contributed by atoms with Crippen molar-refractivity contribution in [2.75, 3.05) is 18.5 Å².